The average Bonchev–Trinajstić information content (AvgIpc) is 2.44. The number of rotatable bonds is 3. The molecule has 4 nitrogen and oxygen atoms in total. The van der Waals surface area contributed by atoms with Gasteiger partial charge in [0.15, 0.2) is 0 Å². The van der Waals surface area contributed by atoms with Crippen LogP contribution in [0.15, 0.2) is 41.5 Å². The first-order valence-electron chi connectivity index (χ1n) is 6.36. The Morgan fingerprint density at radius 2 is 1.90 bits per heavy atom. The van der Waals surface area contributed by atoms with Gasteiger partial charge in [0.1, 0.15) is 5.75 Å². The Hall–Kier alpha value is -1.89. The van der Waals surface area contributed by atoms with E-state index in [1.165, 1.54) is 0 Å². The van der Waals surface area contributed by atoms with E-state index in [9.17, 15) is 9.90 Å². The predicted octanol–water partition coefficient (Wildman–Crippen LogP) is 3.38. The molecular weight excluding hydrogens is 379 g/mol. The number of phenolic OH excluding ortho intramolecular Hbond substituents is 1. The van der Waals surface area contributed by atoms with E-state index in [1.807, 2.05) is 38.1 Å². The van der Waals surface area contributed by atoms with Crippen molar-refractivity contribution in [3.63, 3.8) is 0 Å². The van der Waals surface area contributed by atoms with Gasteiger partial charge < -0.3 is 5.11 Å². The summed E-state index contributed by atoms with van der Waals surface area (Å²) in [5.41, 5.74) is 5.44. The van der Waals surface area contributed by atoms with Gasteiger partial charge >= 0.3 is 0 Å². The van der Waals surface area contributed by atoms with E-state index in [-0.39, 0.29) is 11.7 Å². The number of nitrogens with one attached hydrogen (secondary N) is 1. The van der Waals surface area contributed by atoms with Crippen LogP contribution in [0.25, 0.3) is 0 Å². The molecule has 0 atom stereocenters. The van der Waals surface area contributed by atoms with Crippen molar-refractivity contribution in [1.29, 1.82) is 0 Å². The van der Waals surface area contributed by atoms with Crippen molar-refractivity contribution in [2.75, 3.05) is 0 Å². The van der Waals surface area contributed by atoms with Crippen molar-refractivity contribution < 1.29 is 9.90 Å². The van der Waals surface area contributed by atoms with Gasteiger partial charge in [-0.25, -0.2) is 5.43 Å². The fourth-order valence-electron chi connectivity index (χ4n) is 1.92. The molecule has 0 heterocycles. The predicted molar refractivity (Wildman–Crippen MR) is 91.8 cm³/mol. The average molecular weight is 394 g/mol. The largest absolute Gasteiger partial charge is 0.507 e. The lowest BCUT2D eigenvalue weighted by molar-refractivity contribution is 0.0955. The molecule has 0 aliphatic rings. The molecule has 0 saturated carbocycles. The Kier molecular flexibility index (Phi) is 4.95. The second-order valence-corrected chi connectivity index (χ2v) is 5.96. The maximum atomic E-state index is 11.9. The van der Waals surface area contributed by atoms with Crippen molar-refractivity contribution in [3.05, 3.63) is 62.2 Å². The van der Waals surface area contributed by atoms with Gasteiger partial charge in [0.05, 0.1) is 6.21 Å². The molecular formula is C16H15IN2O2. The second kappa shape index (κ2) is 6.71. The number of halogens is 1. The number of aryl methyl sites for hydroxylation is 2. The molecule has 0 aliphatic carbocycles. The molecule has 0 aliphatic heterocycles. The fourth-order valence-corrected chi connectivity index (χ4v) is 2.47. The fraction of sp³-hybridized carbons (Fsp3) is 0.125. The molecule has 108 valence electrons. The topological polar surface area (TPSA) is 61.7 Å². The van der Waals surface area contributed by atoms with Crippen LogP contribution in [-0.4, -0.2) is 17.2 Å². The van der Waals surface area contributed by atoms with Gasteiger partial charge in [-0.05, 0) is 83.5 Å². The van der Waals surface area contributed by atoms with Crippen LogP contribution in [0.2, 0.25) is 0 Å². The van der Waals surface area contributed by atoms with E-state index >= 15 is 0 Å². The Morgan fingerprint density at radius 1 is 1.24 bits per heavy atom. The summed E-state index contributed by atoms with van der Waals surface area (Å²) in [4.78, 5) is 11.9. The molecule has 2 aromatic carbocycles. The first-order valence-corrected chi connectivity index (χ1v) is 7.44. The number of hydrogen-bond acceptors (Lipinski definition) is 3. The zero-order chi connectivity index (χ0) is 15.4. The highest BCUT2D eigenvalue weighted by Gasteiger charge is 2.04. The number of hydrogen-bond donors (Lipinski definition) is 2. The highest BCUT2D eigenvalue weighted by molar-refractivity contribution is 14.1. The van der Waals surface area contributed by atoms with Gasteiger partial charge in [-0.3, -0.25) is 4.79 Å². The molecule has 5 heteroatoms. The minimum atomic E-state index is -0.253. The molecule has 21 heavy (non-hydrogen) atoms. The van der Waals surface area contributed by atoms with Crippen LogP contribution < -0.4 is 5.43 Å². The van der Waals surface area contributed by atoms with Crippen LogP contribution in [-0.2, 0) is 0 Å². The lowest BCUT2D eigenvalue weighted by atomic mass is 10.1. The molecule has 0 spiro atoms. The van der Waals surface area contributed by atoms with E-state index in [4.69, 9.17) is 0 Å². The van der Waals surface area contributed by atoms with Crippen LogP contribution in [0.5, 0.6) is 5.75 Å². The number of phenols is 1. The molecule has 0 radical (unpaired) electrons. The van der Waals surface area contributed by atoms with E-state index in [2.05, 4.69) is 33.1 Å². The van der Waals surface area contributed by atoms with Crippen molar-refractivity contribution >= 4 is 34.7 Å². The molecule has 0 saturated heterocycles. The zero-order valence-corrected chi connectivity index (χ0v) is 13.9. The summed E-state index contributed by atoms with van der Waals surface area (Å²) in [6.07, 6.45) is 1.56. The Morgan fingerprint density at radius 3 is 2.52 bits per heavy atom. The van der Waals surface area contributed by atoms with Gasteiger partial charge in [-0.15, -0.1) is 0 Å². The minimum Gasteiger partial charge on any atom is -0.507 e. The zero-order valence-electron chi connectivity index (χ0n) is 11.7. The number of nitrogens with zero attached hydrogens (tertiary/aromatic N) is 1. The van der Waals surface area contributed by atoms with E-state index in [1.54, 1.807) is 18.3 Å². The summed E-state index contributed by atoms with van der Waals surface area (Å²) in [5, 5.41) is 13.7. The Balaban J connectivity index is 2.07. The van der Waals surface area contributed by atoms with Crippen molar-refractivity contribution in [2.45, 2.75) is 13.8 Å². The summed E-state index contributed by atoms with van der Waals surface area (Å²) in [7, 11) is 0. The van der Waals surface area contributed by atoms with Gasteiger partial charge in [-0.1, -0.05) is 6.07 Å². The summed E-state index contributed by atoms with van der Waals surface area (Å²) in [6.45, 7) is 3.65. The number of amides is 1. The molecule has 2 N–H and O–H groups in total. The third-order valence-corrected chi connectivity index (χ3v) is 3.65. The quantitative estimate of drug-likeness (QED) is 0.477. The lowest BCUT2D eigenvalue weighted by Crippen LogP contribution is -2.17. The third-order valence-electron chi connectivity index (χ3n) is 2.98. The molecule has 0 aromatic heterocycles. The van der Waals surface area contributed by atoms with Gasteiger partial charge in [0.2, 0.25) is 0 Å². The maximum absolute atomic E-state index is 11.9. The van der Waals surface area contributed by atoms with Crippen molar-refractivity contribution in [1.82, 2.24) is 5.43 Å². The third kappa shape index (κ3) is 4.04. The van der Waals surface area contributed by atoms with Crippen LogP contribution >= 0.6 is 22.6 Å². The summed E-state index contributed by atoms with van der Waals surface area (Å²) >= 11 is 2.15. The van der Waals surface area contributed by atoms with Gasteiger partial charge in [0, 0.05) is 9.13 Å². The van der Waals surface area contributed by atoms with Gasteiger partial charge in [-0.2, -0.15) is 5.10 Å². The van der Waals surface area contributed by atoms with Crippen LogP contribution in [0.4, 0.5) is 0 Å². The number of carbonyl (C=O) groups is 1. The Bertz CT molecular complexity index is 688. The molecule has 2 rings (SSSR count). The highest BCUT2D eigenvalue weighted by Crippen LogP contribution is 2.21. The highest BCUT2D eigenvalue weighted by atomic mass is 127. The smallest absolute Gasteiger partial charge is 0.271 e. The number of carbonyl (C=O) groups excluding carboxylic acids is 1. The molecule has 0 fully saturated rings. The normalized spacial score (nSPS) is 10.8. The standard InChI is InChI=1S/C16H15IN2O2/c1-10-6-12(7-11(2)15(10)20)9-18-19-16(21)13-4-3-5-14(17)8-13/h3-9,20H,1-2H3,(H,19,21). The molecule has 0 bridgehead atoms. The van der Waals surface area contributed by atoms with E-state index in [0.717, 1.165) is 20.3 Å². The molecule has 0 unspecified atom stereocenters. The van der Waals surface area contributed by atoms with E-state index in [0.29, 0.717) is 5.56 Å². The number of hydrazone groups is 1. The summed E-state index contributed by atoms with van der Waals surface area (Å²) in [6, 6.07) is 10.9. The van der Waals surface area contributed by atoms with Crippen LogP contribution in [0.1, 0.15) is 27.0 Å². The van der Waals surface area contributed by atoms with Crippen LogP contribution in [0, 0.1) is 17.4 Å². The first-order chi connectivity index (χ1) is 9.97. The molecule has 1 amide bonds. The number of benzene rings is 2. The van der Waals surface area contributed by atoms with Crippen molar-refractivity contribution in [2.24, 2.45) is 5.10 Å². The van der Waals surface area contributed by atoms with Crippen LogP contribution in [0.3, 0.4) is 0 Å². The second-order valence-electron chi connectivity index (χ2n) is 4.71. The van der Waals surface area contributed by atoms with Gasteiger partial charge in [0.25, 0.3) is 5.91 Å². The maximum Gasteiger partial charge on any atom is 0.271 e. The summed E-state index contributed by atoms with van der Waals surface area (Å²) in [5.74, 6) is 0.0343. The lowest BCUT2D eigenvalue weighted by Gasteiger charge is -2.04. The van der Waals surface area contributed by atoms with E-state index < -0.39 is 0 Å². The molecule has 2 aromatic rings. The number of aromatic hydroxyl groups is 1. The Labute approximate surface area is 137 Å². The SMILES string of the molecule is Cc1cc(C=NNC(=O)c2cccc(I)c2)cc(C)c1O. The van der Waals surface area contributed by atoms with Crippen molar-refractivity contribution in [3.8, 4) is 5.75 Å². The minimum absolute atomic E-state index is 0.253. The summed E-state index contributed by atoms with van der Waals surface area (Å²) < 4.78 is 0.994. The monoisotopic (exact) mass is 394 g/mol. The first kappa shape index (κ1) is 15.5.